The van der Waals surface area contributed by atoms with Crippen LogP contribution in [0.25, 0.3) is 0 Å². The van der Waals surface area contributed by atoms with Gasteiger partial charge < -0.3 is 35.9 Å². The number of hydrogen-bond donors (Lipinski definition) is 5. The predicted octanol–water partition coefficient (Wildman–Crippen LogP) is 3.21. The standard InChI is InChI=1S/C25H24F4N4O6/c1-11(34)22(30)14-6-5-12(24(37)38)7-16(14)31-10-20(35)33-17-8-13(17)9-18(33)23(36)32-15-3-2-4-19(21(15)26)39-25(27,28)29/h2-7,11,13,17-18,30-31,34H,8-10H2,1H3,(H,32,36)(H,37,38)/t11?,13-,17-,18?/m1/s1. The van der Waals surface area contributed by atoms with Crippen molar-refractivity contribution in [3.05, 3.63) is 53.3 Å². The monoisotopic (exact) mass is 552 g/mol. The number of aliphatic hydroxyl groups excluding tert-OH is 1. The molecule has 2 aliphatic rings. The molecule has 4 atom stereocenters. The lowest BCUT2D eigenvalue weighted by molar-refractivity contribution is -0.275. The molecule has 208 valence electrons. The molecule has 2 fully saturated rings. The maximum atomic E-state index is 14.5. The molecule has 4 rings (SSSR count). The van der Waals surface area contributed by atoms with Gasteiger partial charge in [-0.3, -0.25) is 9.59 Å². The van der Waals surface area contributed by atoms with Crippen molar-refractivity contribution in [2.24, 2.45) is 5.92 Å². The first kappa shape index (κ1) is 27.8. The molecule has 2 unspecified atom stereocenters. The molecule has 1 heterocycles. The van der Waals surface area contributed by atoms with Crippen LogP contribution in [0.1, 0.15) is 35.7 Å². The highest BCUT2D eigenvalue weighted by Gasteiger charge is 2.56. The lowest BCUT2D eigenvalue weighted by atomic mass is 10.0. The molecule has 2 amide bonds. The fourth-order valence-electron chi connectivity index (χ4n) is 4.62. The zero-order valence-electron chi connectivity index (χ0n) is 20.4. The summed E-state index contributed by atoms with van der Waals surface area (Å²) in [6.45, 7) is 0.969. The summed E-state index contributed by atoms with van der Waals surface area (Å²) < 4.78 is 55.8. The lowest BCUT2D eigenvalue weighted by Gasteiger charge is -2.27. The molecule has 1 saturated carbocycles. The number of nitrogens with zero attached hydrogens (tertiary/aromatic N) is 1. The van der Waals surface area contributed by atoms with Crippen molar-refractivity contribution in [3.8, 4) is 5.75 Å². The number of nitrogens with one attached hydrogen (secondary N) is 3. The molecule has 0 radical (unpaired) electrons. The van der Waals surface area contributed by atoms with Gasteiger partial charge >= 0.3 is 12.3 Å². The number of likely N-dealkylation sites (tertiary alicyclic amines) is 1. The summed E-state index contributed by atoms with van der Waals surface area (Å²) in [7, 11) is 0. The number of rotatable bonds is 9. The van der Waals surface area contributed by atoms with E-state index in [0.717, 1.165) is 18.2 Å². The highest BCUT2D eigenvalue weighted by molar-refractivity contribution is 6.07. The zero-order chi connectivity index (χ0) is 28.6. The molecule has 0 spiro atoms. The molecule has 1 aliphatic heterocycles. The van der Waals surface area contributed by atoms with Gasteiger partial charge in [0, 0.05) is 17.3 Å². The molecule has 1 aliphatic carbocycles. The number of alkyl halides is 3. The fraction of sp³-hybridized carbons (Fsp3) is 0.360. The van der Waals surface area contributed by atoms with Crippen molar-refractivity contribution in [2.75, 3.05) is 17.2 Å². The number of anilines is 2. The van der Waals surface area contributed by atoms with E-state index in [1.807, 2.05) is 0 Å². The van der Waals surface area contributed by atoms with E-state index >= 15 is 0 Å². The van der Waals surface area contributed by atoms with E-state index in [0.29, 0.717) is 6.42 Å². The van der Waals surface area contributed by atoms with Crippen LogP contribution in [0.4, 0.5) is 28.9 Å². The molecule has 14 heteroatoms. The molecule has 0 aromatic heterocycles. The maximum absolute atomic E-state index is 14.5. The van der Waals surface area contributed by atoms with Gasteiger partial charge in [-0.2, -0.15) is 0 Å². The summed E-state index contributed by atoms with van der Waals surface area (Å²) in [6.07, 6.45) is -5.39. The third-order valence-corrected chi connectivity index (χ3v) is 6.55. The van der Waals surface area contributed by atoms with Crippen LogP contribution in [-0.2, 0) is 9.59 Å². The predicted molar refractivity (Wildman–Crippen MR) is 129 cm³/mol. The number of carboxylic acids is 1. The Morgan fingerprint density at radius 3 is 2.54 bits per heavy atom. The molecule has 2 aromatic rings. The highest BCUT2D eigenvalue weighted by Crippen LogP contribution is 2.48. The van der Waals surface area contributed by atoms with Crippen molar-refractivity contribution in [3.63, 3.8) is 0 Å². The average Bonchev–Trinajstić information content (AvgIpc) is 3.52. The minimum atomic E-state index is -5.13. The van der Waals surface area contributed by atoms with Crippen LogP contribution in [0.15, 0.2) is 36.4 Å². The van der Waals surface area contributed by atoms with Gasteiger partial charge in [-0.05, 0) is 49.9 Å². The number of fused-ring (bicyclic) bond motifs is 1. The van der Waals surface area contributed by atoms with Gasteiger partial charge in [0.05, 0.1) is 29.6 Å². The van der Waals surface area contributed by atoms with E-state index in [9.17, 15) is 42.2 Å². The second-order valence-electron chi connectivity index (χ2n) is 9.28. The third kappa shape index (κ3) is 6.11. The molecule has 39 heavy (non-hydrogen) atoms. The van der Waals surface area contributed by atoms with E-state index in [4.69, 9.17) is 5.41 Å². The number of carbonyl (C=O) groups is 3. The van der Waals surface area contributed by atoms with Crippen LogP contribution in [0.2, 0.25) is 0 Å². The summed E-state index contributed by atoms with van der Waals surface area (Å²) in [6, 6.07) is 5.44. The topological polar surface area (TPSA) is 152 Å². The number of hydrogen-bond acceptors (Lipinski definition) is 7. The molecular weight excluding hydrogens is 528 g/mol. The first-order valence-electron chi connectivity index (χ1n) is 11.8. The first-order valence-corrected chi connectivity index (χ1v) is 11.8. The summed E-state index contributed by atoms with van der Waals surface area (Å²) >= 11 is 0. The summed E-state index contributed by atoms with van der Waals surface area (Å²) in [4.78, 5) is 38.9. The van der Waals surface area contributed by atoms with Gasteiger partial charge in [0.2, 0.25) is 11.8 Å². The van der Waals surface area contributed by atoms with Gasteiger partial charge in [-0.15, -0.1) is 13.2 Å². The van der Waals surface area contributed by atoms with E-state index in [1.165, 1.54) is 30.0 Å². The fourth-order valence-corrected chi connectivity index (χ4v) is 4.62. The van der Waals surface area contributed by atoms with Crippen LogP contribution < -0.4 is 15.4 Å². The lowest BCUT2D eigenvalue weighted by Crippen LogP contribution is -2.47. The molecule has 10 nitrogen and oxygen atoms in total. The minimum Gasteiger partial charge on any atom is -0.478 e. The van der Waals surface area contributed by atoms with Gasteiger partial charge in [-0.25, -0.2) is 9.18 Å². The number of aromatic carboxylic acids is 1. The molecular formula is C25H24F4N4O6. The van der Waals surface area contributed by atoms with E-state index in [1.54, 1.807) is 0 Å². The molecule has 1 saturated heterocycles. The Bertz CT molecular complexity index is 1330. The summed E-state index contributed by atoms with van der Waals surface area (Å²) in [5.41, 5.74) is -0.572. The molecule has 2 aromatic carbocycles. The molecule has 0 bridgehead atoms. The quantitative estimate of drug-likeness (QED) is 0.237. The number of halogens is 4. The summed E-state index contributed by atoms with van der Waals surface area (Å²) in [5.74, 6) is -5.07. The van der Waals surface area contributed by atoms with Crippen LogP contribution >= 0.6 is 0 Å². The third-order valence-electron chi connectivity index (χ3n) is 6.55. The Hall–Kier alpha value is -4.20. The number of aliphatic hydroxyl groups is 1. The second-order valence-corrected chi connectivity index (χ2v) is 9.28. The maximum Gasteiger partial charge on any atom is 0.573 e. The Balaban J connectivity index is 1.49. The van der Waals surface area contributed by atoms with E-state index in [-0.39, 0.29) is 47.5 Å². The van der Waals surface area contributed by atoms with Crippen LogP contribution in [0.3, 0.4) is 0 Å². The van der Waals surface area contributed by atoms with Crippen LogP contribution in [0, 0.1) is 17.1 Å². The van der Waals surface area contributed by atoms with Crippen molar-refractivity contribution in [1.29, 1.82) is 5.41 Å². The second kappa shape index (κ2) is 10.5. The number of ether oxygens (including phenoxy) is 1. The number of carbonyl (C=O) groups excluding carboxylic acids is 2. The van der Waals surface area contributed by atoms with Crippen molar-refractivity contribution >= 4 is 34.9 Å². The Kier molecular flexibility index (Phi) is 7.50. The SMILES string of the molecule is CC(O)C(=N)c1ccc(C(=O)O)cc1NCC(=O)N1C(C(=O)Nc2cccc(OC(F)(F)F)c2F)C[C@H]2C[C@H]21. The van der Waals surface area contributed by atoms with Gasteiger partial charge in [-0.1, -0.05) is 12.1 Å². The normalized spacial score (nSPS) is 20.6. The number of amides is 2. The van der Waals surface area contributed by atoms with Crippen LogP contribution in [0.5, 0.6) is 5.75 Å². The summed E-state index contributed by atoms with van der Waals surface area (Å²) in [5, 5.41) is 32.2. The van der Waals surface area contributed by atoms with Crippen molar-refractivity contribution in [1.82, 2.24) is 4.90 Å². The van der Waals surface area contributed by atoms with Gasteiger partial charge in [0.1, 0.15) is 6.04 Å². The van der Waals surface area contributed by atoms with Gasteiger partial charge in [0.15, 0.2) is 11.6 Å². The first-order chi connectivity index (χ1) is 18.3. The van der Waals surface area contributed by atoms with E-state index < -0.39 is 53.5 Å². The smallest absolute Gasteiger partial charge is 0.478 e. The number of carboxylic acid groups (broad SMARTS) is 1. The molecule has 5 N–H and O–H groups in total. The average molecular weight is 552 g/mol. The minimum absolute atomic E-state index is 0.0313. The highest BCUT2D eigenvalue weighted by atomic mass is 19.4. The Morgan fingerprint density at radius 1 is 1.18 bits per heavy atom. The van der Waals surface area contributed by atoms with E-state index in [2.05, 4.69) is 15.4 Å². The van der Waals surface area contributed by atoms with Crippen molar-refractivity contribution < 1.29 is 46.9 Å². The zero-order valence-corrected chi connectivity index (χ0v) is 20.4. The van der Waals surface area contributed by atoms with Crippen molar-refractivity contribution in [2.45, 2.75) is 44.3 Å². The Labute approximate surface area is 219 Å². The Morgan fingerprint density at radius 2 is 1.90 bits per heavy atom. The number of benzene rings is 2. The number of piperidine rings is 1. The van der Waals surface area contributed by atoms with Gasteiger partial charge in [0.25, 0.3) is 0 Å². The van der Waals surface area contributed by atoms with Crippen LogP contribution in [-0.4, -0.2) is 69.7 Å². The largest absolute Gasteiger partial charge is 0.573 e.